The fourth-order valence-electron chi connectivity index (χ4n) is 2.63. The minimum absolute atomic E-state index is 0.0952. The SMILES string of the molecule is CCCNC(CCN1CCC(CC)C1)C(=O)OCC. The highest BCUT2D eigenvalue weighted by atomic mass is 16.5. The average Bonchev–Trinajstić information content (AvgIpc) is 2.87. The fourth-order valence-corrected chi connectivity index (χ4v) is 2.63. The van der Waals surface area contributed by atoms with Gasteiger partial charge in [-0.25, -0.2) is 0 Å². The van der Waals surface area contributed by atoms with Gasteiger partial charge in [0.15, 0.2) is 0 Å². The van der Waals surface area contributed by atoms with Crippen molar-refractivity contribution in [3.8, 4) is 0 Å². The van der Waals surface area contributed by atoms with E-state index in [9.17, 15) is 4.79 Å². The third-order valence-electron chi connectivity index (χ3n) is 3.89. The van der Waals surface area contributed by atoms with Gasteiger partial charge in [0.2, 0.25) is 0 Å². The van der Waals surface area contributed by atoms with Crippen molar-refractivity contribution >= 4 is 5.97 Å². The Morgan fingerprint density at radius 1 is 1.42 bits per heavy atom. The van der Waals surface area contributed by atoms with Crippen molar-refractivity contribution in [2.24, 2.45) is 5.92 Å². The number of carbonyl (C=O) groups is 1. The first-order valence-electron chi connectivity index (χ1n) is 7.83. The highest BCUT2D eigenvalue weighted by Gasteiger charge is 2.24. The Morgan fingerprint density at radius 3 is 2.79 bits per heavy atom. The number of ether oxygens (including phenoxy) is 1. The van der Waals surface area contributed by atoms with E-state index in [4.69, 9.17) is 4.74 Å². The molecule has 1 saturated heterocycles. The minimum Gasteiger partial charge on any atom is -0.465 e. The maximum atomic E-state index is 11.9. The van der Waals surface area contributed by atoms with Crippen LogP contribution in [-0.2, 0) is 9.53 Å². The van der Waals surface area contributed by atoms with E-state index >= 15 is 0 Å². The van der Waals surface area contributed by atoms with Crippen molar-refractivity contribution < 1.29 is 9.53 Å². The monoisotopic (exact) mass is 270 g/mol. The van der Waals surface area contributed by atoms with E-state index in [0.717, 1.165) is 31.8 Å². The smallest absolute Gasteiger partial charge is 0.323 e. The van der Waals surface area contributed by atoms with Crippen LogP contribution in [0.2, 0.25) is 0 Å². The number of hydrogen-bond donors (Lipinski definition) is 1. The number of rotatable bonds is 9. The summed E-state index contributed by atoms with van der Waals surface area (Å²) in [6.07, 6.45) is 4.47. The summed E-state index contributed by atoms with van der Waals surface area (Å²) in [7, 11) is 0. The van der Waals surface area contributed by atoms with Gasteiger partial charge in [-0.15, -0.1) is 0 Å². The number of nitrogens with zero attached hydrogens (tertiary/aromatic N) is 1. The van der Waals surface area contributed by atoms with Gasteiger partial charge in [0.05, 0.1) is 6.61 Å². The molecule has 0 aromatic heterocycles. The molecule has 1 aliphatic heterocycles. The molecule has 112 valence electrons. The third kappa shape index (κ3) is 5.91. The third-order valence-corrected chi connectivity index (χ3v) is 3.89. The summed E-state index contributed by atoms with van der Waals surface area (Å²) in [4.78, 5) is 14.4. The summed E-state index contributed by atoms with van der Waals surface area (Å²) in [5.41, 5.74) is 0. The summed E-state index contributed by atoms with van der Waals surface area (Å²) in [5, 5.41) is 3.30. The molecule has 0 aliphatic carbocycles. The molecule has 0 aromatic carbocycles. The lowest BCUT2D eigenvalue weighted by atomic mass is 10.1. The van der Waals surface area contributed by atoms with E-state index < -0.39 is 0 Å². The highest BCUT2D eigenvalue weighted by molar-refractivity contribution is 5.75. The topological polar surface area (TPSA) is 41.6 Å². The van der Waals surface area contributed by atoms with E-state index in [1.165, 1.54) is 25.9 Å². The molecule has 19 heavy (non-hydrogen) atoms. The number of nitrogens with one attached hydrogen (secondary N) is 1. The van der Waals surface area contributed by atoms with Gasteiger partial charge < -0.3 is 15.0 Å². The Balaban J connectivity index is 2.33. The molecule has 2 atom stereocenters. The van der Waals surface area contributed by atoms with Crippen molar-refractivity contribution in [1.29, 1.82) is 0 Å². The molecule has 1 rings (SSSR count). The summed E-state index contributed by atoms with van der Waals surface area (Å²) >= 11 is 0. The standard InChI is InChI=1S/C15H30N2O2/c1-4-9-16-14(15(18)19-6-3)8-11-17-10-7-13(5-2)12-17/h13-14,16H,4-12H2,1-3H3. The molecule has 2 unspecified atom stereocenters. The van der Waals surface area contributed by atoms with E-state index in [1.807, 2.05) is 6.92 Å². The summed E-state index contributed by atoms with van der Waals surface area (Å²) in [5.74, 6) is 0.756. The fraction of sp³-hybridized carbons (Fsp3) is 0.933. The average molecular weight is 270 g/mol. The van der Waals surface area contributed by atoms with Crippen LogP contribution in [0, 0.1) is 5.92 Å². The molecule has 4 nitrogen and oxygen atoms in total. The zero-order chi connectivity index (χ0) is 14.1. The molecule has 1 heterocycles. The Bertz CT molecular complexity index is 259. The van der Waals surface area contributed by atoms with Crippen LogP contribution in [-0.4, -0.2) is 49.7 Å². The Morgan fingerprint density at radius 2 is 2.21 bits per heavy atom. The second kappa shape index (κ2) is 9.32. The summed E-state index contributed by atoms with van der Waals surface area (Å²) in [6.45, 7) is 10.9. The largest absolute Gasteiger partial charge is 0.465 e. The molecule has 1 aliphatic rings. The quantitative estimate of drug-likeness (QED) is 0.651. The van der Waals surface area contributed by atoms with Gasteiger partial charge >= 0.3 is 5.97 Å². The lowest BCUT2D eigenvalue weighted by Gasteiger charge is -2.21. The van der Waals surface area contributed by atoms with Crippen LogP contribution in [0.3, 0.4) is 0 Å². The molecule has 0 bridgehead atoms. The molecule has 1 N–H and O–H groups in total. The van der Waals surface area contributed by atoms with Gasteiger partial charge in [-0.2, -0.15) is 0 Å². The molecule has 0 spiro atoms. The number of hydrogen-bond acceptors (Lipinski definition) is 4. The molecule has 0 saturated carbocycles. The second-order valence-electron chi connectivity index (χ2n) is 5.41. The number of carbonyl (C=O) groups excluding carboxylic acids is 1. The first-order chi connectivity index (χ1) is 9.21. The van der Waals surface area contributed by atoms with Crippen LogP contribution in [0.1, 0.15) is 46.5 Å². The van der Waals surface area contributed by atoms with Crippen LogP contribution in [0.4, 0.5) is 0 Å². The van der Waals surface area contributed by atoms with Gasteiger partial charge in [0.25, 0.3) is 0 Å². The Hall–Kier alpha value is -0.610. The van der Waals surface area contributed by atoms with Crippen LogP contribution >= 0.6 is 0 Å². The van der Waals surface area contributed by atoms with E-state index in [-0.39, 0.29) is 12.0 Å². The first kappa shape index (κ1) is 16.4. The normalized spacial score (nSPS) is 21.5. The summed E-state index contributed by atoms with van der Waals surface area (Å²) in [6, 6.07) is -0.138. The van der Waals surface area contributed by atoms with Gasteiger partial charge in [-0.3, -0.25) is 4.79 Å². The number of esters is 1. The maximum absolute atomic E-state index is 11.9. The predicted octanol–water partition coefficient (Wildman–Crippen LogP) is 2.04. The van der Waals surface area contributed by atoms with Gasteiger partial charge in [-0.1, -0.05) is 20.3 Å². The molecular formula is C15H30N2O2. The molecule has 4 heteroatoms. The summed E-state index contributed by atoms with van der Waals surface area (Å²) < 4.78 is 5.14. The molecule has 0 amide bonds. The van der Waals surface area contributed by atoms with E-state index in [1.54, 1.807) is 0 Å². The highest BCUT2D eigenvalue weighted by Crippen LogP contribution is 2.19. The van der Waals surface area contributed by atoms with Crippen molar-refractivity contribution in [2.45, 2.75) is 52.5 Å². The molecule has 0 aromatic rings. The lowest BCUT2D eigenvalue weighted by molar-refractivity contribution is -0.145. The van der Waals surface area contributed by atoms with Crippen LogP contribution in [0.15, 0.2) is 0 Å². The Labute approximate surface area is 117 Å². The second-order valence-corrected chi connectivity index (χ2v) is 5.41. The number of likely N-dealkylation sites (tertiary alicyclic amines) is 1. The lowest BCUT2D eigenvalue weighted by Crippen LogP contribution is -2.41. The van der Waals surface area contributed by atoms with Crippen molar-refractivity contribution in [1.82, 2.24) is 10.2 Å². The van der Waals surface area contributed by atoms with Gasteiger partial charge in [0, 0.05) is 13.1 Å². The van der Waals surface area contributed by atoms with Crippen molar-refractivity contribution in [2.75, 3.05) is 32.8 Å². The van der Waals surface area contributed by atoms with Gasteiger partial charge in [-0.05, 0) is 45.2 Å². The van der Waals surface area contributed by atoms with Crippen LogP contribution in [0.25, 0.3) is 0 Å². The first-order valence-corrected chi connectivity index (χ1v) is 7.83. The van der Waals surface area contributed by atoms with Crippen molar-refractivity contribution in [3.05, 3.63) is 0 Å². The zero-order valence-electron chi connectivity index (χ0n) is 12.8. The van der Waals surface area contributed by atoms with E-state index in [0.29, 0.717) is 6.61 Å². The van der Waals surface area contributed by atoms with Crippen molar-refractivity contribution in [3.63, 3.8) is 0 Å². The maximum Gasteiger partial charge on any atom is 0.323 e. The molecular weight excluding hydrogens is 240 g/mol. The van der Waals surface area contributed by atoms with Gasteiger partial charge in [0.1, 0.15) is 6.04 Å². The van der Waals surface area contributed by atoms with Crippen LogP contribution in [0.5, 0.6) is 0 Å². The zero-order valence-corrected chi connectivity index (χ0v) is 12.8. The molecule has 0 radical (unpaired) electrons. The minimum atomic E-state index is -0.138. The Kier molecular flexibility index (Phi) is 8.07. The van der Waals surface area contributed by atoms with Crippen LogP contribution < -0.4 is 5.32 Å². The predicted molar refractivity (Wildman–Crippen MR) is 78.2 cm³/mol. The van der Waals surface area contributed by atoms with E-state index in [2.05, 4.69) is 24.1 Å². The molecule has 1 fully saturated rings.